The van der Waals surface area contributed by atoms with E-state index in [1.807, 2.05) is 0 Å². The fraction of sp³-hybridized carbons (Fsp3) is 0.476. The summed E-state index contributed by atoms with van der Waals surface area (Å²) >= 11 is 9.00. The number of nitrogens with zero attached hydrogens (tertiary/aromatic N) is 1. The number of nitrogens with one attached hydrogen (secondary N) is 1. The van der Waals surface area contributed by atoms with Crippen LogP contribution in [-0.2, 0) is 15.0 Å². The van der Waals surface area contributed by atoms with Gasteiger partial charge < -0.3 is 4.98 Å². The number of aromatic amines is 1. The second-order valence-corrected chi connectivity index (χ2v) is 11.7. The Labute approximate surface area is 180 Å². The standard InChI is InChI=1S/C21H19ClN2O3S2/c1-21(2)14-10-7-11(15(14)28-17-16(21)29-20(27)23-17)13-12(10)18(25)24(19(13)26)9-5-3-8(22)4-6-9/h3-6,10-15H,7H2,1-2H3,(H,23,27)/t10-,11+,12?,13?,14?,15?/m0/s1. The highest BCUT2D eigenvalue weighted by atomic mass is 35.5. The van der Waals surface area contributed by atoms with Gasteiger partial charge in [0.25, 0.3) is 0 Å². The van der Waals surface area contributed by atoms with Crippen molar-refractivity contribution in [1.29, 1.82) is 0 Å². The van der Waals surface area contributed by atoms with E-state index in [2.05, 4.69) is 18.8 Å². The van der Waals surface area contributed by atoms with Crippen molar-refractivity contribution in [2.24, 2.45) is 29.6 Å². The van der Waals surface area contributed by atoms with Gasteiger partial charge in [0.05, 0.1) is 22.5 Å². The topological polar surface area (TPSA) is 70.2 Å². The quantitative estimate of drug-likeness (QED) is 0.674. The molecule has 3 heterocycles. The summed E-state index contributed by atoms with van der Waals surface area (Å²) in [6, 6.07) is 6.92. The predicted octanol–water partition coefficient (Wildman–Crippen LogP) is 3.91. The van der Waals surface area contributed by atoms with Gasteiger partial charge in [-0.25, -0.2) is 0 Å². The van der Waals surface area contributed by atoms with Crippen LogP contribution in [0.2, 0.25) is 5.02 Å². The number of H-pyrrole nitrogens is 1. The number of rotatable bonds is 1. The van der Waals surface area contributed by atoms with Gasteiger partial charge in [-0.05, 0) is 48.4 Å². The molecule has 1 aromatic carbocycles. The number of thiazole rings is 1. The van der Waals surface area contributed by atoms with Gasteiger partial charge in [-0.3, -0.25) is 19.3 Å². The van der Waals surface area contributed by atoms with Crippen LogP contribution in [0.4, 0.5) is 5.69 Å². The summed E-state index contributed by atoms with van der Waals surface area (Å²) in [5.74, 6) is 0.000336. The number of hydrogen-bond acceptors (Lipinski definition) is 5. The first-order valence-corrected chi connectivity index (χ1v) is 11.9. The molecule has 2 bridgehead atoms. The van der Waals surface area contributed by atoms with Crippen molar-refractivity contribution in [2.75, 3.05) is 4.90 Å². The lowest BCUT2D eigenvalue weighted by Crippen LogP contribution is -2.48. The summed E-state index contributed by atoms with van der Waals surface area (Å²) in [4.78, 5) is 44.2. The second kappa shape index (κ2) is 5.77. The normalized spacial score (nSPS) is 36.3. The van der Waals surface area contributed by atoms with E-state index in [4.69, 9.17) is 11.6 Å². The Hall–Kier alpha value is -1.57. The van der Waals surface area contributed by atoms with Crippen LogP contribution in [-0.4, -0.2) is 22.0 Å². The Morgan fingerprint density at radius 2 is 1.72 bits per heavy atom. The van der Waals surface area contributed by atoms with Gasteiger partial charge in [0.1, 0.15) is 0 Å². The Morgan fingerprint density at radius 1 is 1.07 bits per heavy atom. The van der Waals surface area contributed by atoms with E-state index in [0.717, 1.165) is 16.3 Å². The van der Waals surface area contributed by atoms with E-state index in [1.165, 1.54) is 16.2 Å². The molecule has 0 spiro atoms. The molecule has 4 unspecified atom stereocenters. The summed E-state index contributed by atoms with van der Waals surface area (Å²) in [6.07, 6.45) is 0.923. The molecule has 150 valence electrons. The first-order valence-electron chi connectivity index (χ1n) is 9.82. The minimum absolute atomic E-state index is 0.0239. The zero-order valence-electron chi connectivity index (χ0n) is 15.8. The number of thioether (sulfide) groups is 1. The van der Waals surface area contributed by atoms with Crippen LogP contribution in [0.1, 0.15) is 25.1 Å². The van der Waals surface area contributed by atoms with Crippen LogP contribution in [0.5, 0.6) is 0 Å². The maximum atomic E-state index is 13.4. The van der Waals surface area contributed by atoms with Gasteiger partial charge in [0.15, 0.2) is 0 Å². The highest BCUT2D eigenvalue weighted by Crippen LogP contribution is 2.69. The number of hydrogen-bond donors (Lipinski definition) is 1. The van der Waals surface area contributed by atoms with Gasteiger partial charge in [0, 0.05) is 20.6 Å². The minimum atomic E-state index is -0.250. The van der Waals surface area contributed by atoms with Crippen LogP contribution in [0.3, 0.4) is 0 Å². The van der Waals surface area contributed by atoms with Crippen molar-refractivity contribution in [3.05, 3.63) is 43.8 Å². The molecule has 1 saturated heterocycles. The van der Waals surface area contributed by atoms with Crippen molar-refractivity contribution in [3.8, 4) is 0 Å². The van der Waals surface area contributed by atoms with E-state index >= 15 is 0 Å². The molecule has 4 aliphatic rings. The average Bonchev–Trinajstić information content (AvgIpc) is 3.38. The molecule has 8 heteroatoms. The Kier molecular flexibility index (Phi) is 3.62. The molecular weight excluding hydrogens is 428 g/mol. The molecule has 2 aliphatic carbocycles. The minimum Gasteiger partial charge on any atom is -0.307 e. The lowest BCUT2D eigenvalue weighted by atomic mass is 9.64. The van der Waals surface area contributed by atoms with Crippen LogP contribution in [0, 0.1) is 29.6 Å². The molecular formula is C21H19ClN2O3S2. The maximum Gasteiger partial charge on any atom is 0.305 e. The molecule has 6 atom stereocenters. The Balaban J connectivity index is 1.42. The third-order valence-electron chi connectivity index (χ3n) is 7.48. The summed E-state index contributed by atoms with van der Waals surface area (Å²) in [7, 11) is 0. The first-order chi connectivity index (χ1) is 13.8. The fourth-order valence-electron chi connectivity index (χ4n) is 6.50. The van der Waals surface area contributed by atoms with Crippen LogP contribution >= 0.6 is 34.7 Å². The van der Waals surface area contributed by atoms with Gasteiger partial charge in [-0.15, -0.1) is 11.8 Å². The van der Waals surface area contributed by atoms with E-state index in [9.17, 15) is 14.4 Å². The fourth-order valence-corrected chi connectivity index (χ4v) is 9.78. The summed E-state index contributed by atoms with van der Waals surface area (Å²) in [5, 5.41) is 1.80. The number of halogens is 1. The summed E-state index contributed by atoms with van der Waals surface area (Å²) in [5.41, 5.74) is 0.424. The first kappa shape index (κ1) is 18.2. The average molecular weight is 447 g/mol. The van der Waals surface area contributed by atoms with Crippen molar-refractivity contribution in [1.82, 2.24) is 4.98 Å². The van der Waals surface area contributed by atoms with E-state index in [-0.39, 0.29) is 51.0 Å². The second-order valence-electron chi connectivity index (χ2n) is 9.11. The molecule has 2 aromatic rings. The van der Waals surface area contributed by atoms with E-state index < -0.39 is 0 Å². The summed E-state index contributed by atoms with van der Waals surface area (Å²) in [6.45, 7) is 4.39. The summed E-state index contributed by atoms with van der Waals surface area (Å²) < 4.78 is 0. The molecule has 0 radical (unpaired) electrons. The number of carbonyl (C=O) groups is 2. The lowest BCUT2D eigenvalue weighted by molar-refractivity contribution is -0.123. The highest BCUT2D eigenvalue weighted by Gasteiger charge is 2.70. The SMILES string of the molecule is CC1(C)c2sc(=O)[nH]c2SC2C1[C@H]1C[C@@H]2C2C(=O)N(c3ccc(Cl)cc3)C(=O)C21. The predicted molar refractivity (Wildman–Crippen MR) is 114 cm³/mol. The molecule has 1 aromatic heterocycles. The van der Waals surface area contributed by atoms with Crippen molar-refractivity contribution >= 4 is 52.2 Å². The smallest absolute Gasteiger partial charge is 0.305 e. The number of aromatic nitrogens is 1. The van der Waals surface area contributed by atoms with Crippen molar-refractivity contribution in [3.63, 3.8) is 0 Å². The van der Waals surface area contributed by atoms with Gasteiger partial charge in [-0.2, -0.15) is 0 Å². The largest absolute Gasteiger partial charge is 0.307 e. The van der Waals surface area contributed by atoms with Crippen molar-refractivity contribution in [2.45, 2.75) is 36.0 Å². The zero-order chi connectivity index (χ0) is 20.2. The monoisotopic (exact) mass is 446 g/mol. The van der Waals surface area contributed by atoms with Gasteiger partial charge in [-0.1, -0.05) is 36.8 Å². The molecule has 1 N–H and O–H groups in total. The number of amides is 2. The molecule has 2 amide bonds. The third-order valence-corrected chi connectivity index (χ3v) is 10.5. The van der Waals surface area contributed by atoms with Crippen LogP contribution < -0.4 is 9.77 Å². The highest BCUT2D eigenvalue weighted by molar-refractivity contribution is 8.00. The molecule has 2 saturated carbocycles. The number of anilines is 1. The zero-order valence-corrected chi connectivity index (χ0v) is 18.2. The van der Waals surface area contributed by atoms with E-state index in [0.29, 0.717) is 16.6 Å². The number of carbonyl (C=O) groups excluding carboxylic acids is 2. The van der Waals surface area contributed by atoms with Crippen molar-refractivity contribution < 1.29 is 9.59 Å². The molecule has 2 aliphatic heterocycles. The molecule has 6 rings (SSSR count). The van der Waals surface area contributed by atoms with Gasteiger partial charge in [0.2, 0.25) is 11.8 Å². The lowest BCUT2D eigenvalue weighted by Gasteiger charge is -2.47. The third kappa shape index (κ3) is 2.21. The maximum absolute atomic E-state index is 13.4. The Bertz CT molecular complexity index is 1120. The number of fused-ring (bicyclic) bond motifs is 9. The number of benzene rings is 1. The molecule has 29 heavy (non-hydrogen) atoms. The van der Waals surface area contributed by atoms with Gasteiger partial charge >= 0.3 is 4.87 Å². The Morgan fingerprint density at radius 3 is 2.41 bits per heavy atom. The van der Waals surface area contributed by atoms with E-state index in [1.54, 1.807) is 36.0 Å². The van der Waals surface area contributed by atoms with Crippen LogP contribution in [0.15, 0.2) is 34.1 Å². The molecule has 5 nitrogen and oxygen atoms in total. The van der Waals surface area contributed by atoms with Crippen LogP contribution in [0.25, 0.3) is 0 Å². The molecule has 3 fully saturated rings. The number of imide groups is 1.